The van der Waals surface area contributed by atoms with Gasteiger partial charge in [-0.15, -0.1) is 0 Å². The monoisotopic (exact) mass is 258 g/mol. The number of benzene rings is 1. The summed E-state index contributed by atoms with van der Waals surface area (Å²) in [5.41, 5.74) is 3.56. The molecular weight excluding hydrogens is 240 g/mol. The highest BCUT2D eigenvalue weighted by Crippen LogP contribution is 2.51. The summed E-state index contributed by atoms with van der Waals surface area (Å²) in [7, 11) is 0. The van der Waals surface area contributed by atoms with Gasteiger partial charge in [0.05, 0.1) is 12.5 Å². The van der Waals surface area contributed by atoms with Gasteiger partial charge in [0.15, 0.2) is 0 Å². The number of rotatable bonds is 3. The molecule has 100 valence electrons. The molecule has 1 aromatic rings. The van der Waals surface area contributed by atoms with Crippen LogP contribution < -0.4 is 4.74 Å². The lowest BCUT2D eigenvalue weighted by Crippen LogP contribution is -2.22. The van der Waals surface area contributed by atoms with Crippen molar-refractivity contribution in [2.45, 2.75) is 49.9 Å². The summed E-state index contributed by atoms with van der Waals surface area (Å²) < 4.78 is 5.83. The number of carboxylic acids is 1. The fraction of sp³-hybridized carbons (Fsp3) is 0.562. The van der Waals surface area contributed by atoms with Crippen LogP contribution in [0.25, 0.3) is 0 Å². The van der Waals surface area contributed by atoms with Crippen LogP contribution in [0.2, 0.25) is 0 Å². The maximum Gasteiger partial charge on any atom is 0.311 e. The van der Waals surface area contributed by atoms with Crippen LogP contribution >= 0.6 is 0 Å². The lowest BCUT2D eigenvalue weighted by molar-refractivity contribution is -0.139. The van der Waals surface area contributed by atoms with Crippen LogP contribution in [0.4, 0.5) is 0 Å². The third kappa shape index (κ3) is 1.92. The molecule has 1 heterocycles. The van der Waals surface area contributed by atoms with E-state index in [-0.39, 0.29) is 5.92 Å². The topological polar surface area (TPSA) is 46.5 Å². The minimum Gasteiger partial charge on any atom is -0.493 e. The summed E-state index contributed by atoms with van der Waals surface area (Å²) in [5.74, 6) is 1.09. The van der Waals surface area contributed by atoms with Crippen LogP contribution in [-0.2, 0) is 4.79 Å². The fourth-order valence-corrected chi connectivity index (χ4v) is 3.16. The zero-order chi connectivity index (χ0) is 13.0. The van der Waals surface area contributed by atoms with E-state index in [1.807, 2.05) is 0 Å². The molecule has 1 atom stereocenters. The maximum atomic E-state index is 11.5. The Hall–Kier alpha value is -1.51. The molecule has 0 bridgehead atoms. The van der Waals surface area contributed by atoms with Gasteiger partial charge >= 0.3 is 5.97 Å². The highest BCUT2D eigenvalue weighted by molar-refractivity contribution is 5.78. The van der Waals surface area contributed by atoms with Gasteiger partial charge in [0.25, 0.3) is 0 Å². The zero-order valence-electron chi connectivity index (χ0n) is 10.9. The Morgan fingerprint density at radius 3 is 2.37 bits per heavy atom. The predicted octanol–water partition coefficient (Wildman–Crippen LogP) is 3.39. The van der Waals surface area contributed by atoms with Crippen LogP contribution in [0.15, 0.2) is 12.1 Å². The molecule has 2 aliphatic carbocycles. The Morgan fingerprint density at radius 1 is 1.05 bits per heavy atom. The quantitative estimate of drug-likeness (QED) is 0.904. The standard InChI is InChI=1S/C16H18O3/c17-16(18)12-5-6-19-15-13(10-3-4-10)7-11(8-14(12)15)9-1-2-9/h7-10,12H,1-6H2,(H,17,18). The second-order valence-electron chi connectivity index (χ2n) is 6.10. The summed E-state index contributed by atoms with van der Waals surface area (Å²) in [6.45, 7) is 0.534. The summed E-state index contributed by atoms with van der Waals surface area (Å²) >= 11 is 0. The molecule has 2 saturated carbocycles. The normalized spacial score (nSPS) is 25.6. The number of ether oxygens (including phenoxy) is 1. The Balaban J connectivity index is 1.85. The molecule has 1 unspecified atom stereocenters. The molecule has 19 heavy (non-hydrogen) atoms. The van der Waals surface area contributed by atoms with Crippen molar-refractivity contribution < 1.29 is 14.6 Å². The van der Waals surface area contributed by atoms with E-state index in [4.69, 9.17) is 4.74 Å². The molecule has 2 fully saturated rings. The van der Waals surface area contributed by atoms with E-state index in [2.05, 4.69) is 12.1 Å². The van der Waals surface area contributed by atoms with Crippen LogP contribution in [0.5, 0.6) is 5.75 Å². The maximum absolute atomic E-state index is 11.5. The van der Waals surface area contributed by atoms with Gasteiger partial charge in [-0.05, 0) is 55.1 Å². The van der Waals surface area contributed by atoms with Gasteiger partial charge in [-0.25, -0.2) is 0 Å². The molecule has 1 aromatic carbocycles. The zero-order valence-corrected chi connectivity index (χ0v) is 10.9. The smallest absolute Gasteiger partial charge is 0.311 e. The first-order valence-electron chi connectivity index (χ1n) is 7.27. The third-order valence-electron chi connectivity index (χ3n) is 4.56. The van der Waals surface area contributed by atoms with Crippen molar-refractivity contribution in [3.63, 3.8) is 0 Å². The second-order valence-corrected chi connectivity index (χ2v) is 6.10. The van der Waals surface area contributed by atoms with Gasteiger partial charge < -0.3 is 9.84 Å². The van der Waals surface area contributed by atoms with Crippen molar-refractivity contribution in [3.8, 4) is 5.75 Å². The third-order valence-corrected chi connectivity index (χ3v) is 4.56. The largest absolute Gasteiger partial charge is 0.493 e. The Morgan fingerprint density at radius 2 is 1.74 bits per heavy atom. The fourth-order valence-electron chi connectivity index (χ4n) is 3.16. The van der Waals surface area contributed by atoms with E-state index in [0.29, 0.717) is 24.9 Å². The van der Waals surface area contributed by atoms with Crippen molar-refractivity contribution in [3.05, 3.63) is 28.8 Å². The van der Waals surface area contributed by atoms with Crippen LogP contribution in [-0.4, -0.2) is 17.7 Å². The Bertz CT molecular complexity index is 541. The first-order valence-corrected chi connectivity index (χ1v) is 7.27. The molecule has 1 N–H and O–H groups in total. The van der Waals surface area contributed by atoms with E-state index < -0.39 is 5.97 Å². The molecule has 0 aromatic heterocycles. The predicted molar refractivity (Wildman–Crippen MR) is 70.9 cm³/mol. The minimum absolute atomic E-state index is 0.375. The number of hydrogen-bond donors (Lipinski definition) is 1. The van der Waals surface area contributed by atoms with Crippen molar-refractivity contribution in [1.29, 1.82) is 0 Å². The number of hydrogen-bond acceptors (Lipinski definition) is 2. The molecule has 3 aliphatic rings. The minimum atomic E-state index is -0.709. The molecular formula is C16H18O3. The Kier molecular flexibility index (Phi) is 2.38. The first-order chi connectivity index (χ1) is 9.24. The van der Waals surface area contributed by atoms with Crippen molar-refractivity contribution in [2.24, 2.45) is 0 Å². The molecule has 0 saturated heterocycles. The van der Waals surface area contributed by atoms with Crippen molar-refractivity contribution in [2.75, 3.05) is 6.61 Å². The van der Waals surface area contributed by atoms with Crippen molar-refractivity contribution in [1.82, 2.24) is 0 Å². The van der Waals surface area contributed by atoms with Gasteiger partial charge in [-0.3, -0.25) is 4.79 Å². The summed E-state index contributed by atoms with van der Waals surface area (Å²) in [5, 5.41) is 9.42. The number of aliphatic carboxylic acids is 1. The molecule has 0 radical (unpaired) electrons. The van der Waals surface area contributed by atoms with E-state index in [1.165, 1.54) is 36.8 Å². The lowest BCUT2D eigenvalue weighted by Gasteiger charge is -2.26. The highest BCUT2D eigenvalue weighted by Gasteiger charge is 2.36. The van der Waals surface area contributed by atoms with Gasteiger partial charge in [0.1, 0.15) is 5.75 Å². The van der Waals surface area contributed by atoms with Crippen molar-refractivity contribution >= 4 is 5.97 Å². The van der Waals surface area contributed by atoms with Crippen LogP contribution in [0.1, 0.15) is 66.5 Å². The first kappa shape index (κ1) is 11.3. The average molecular weight is 258 g/mol. The summed E-state index contributed by atoms with van der Waals surface area (Å²) in [6, 6.07) is 4.40. The number of carbonyl (C=O) groups is 1. The van der Waals surface area contributed by atoms with Gasteiger partial charge in [0.2, 0.25) is 0 Å². The average Bonchev–Trinajstić information content (AvgIpc) is 3.29. The number of carboxylic acid groups (broad SMARTS) is 1. The van der Waals surface area contributed by atoms with Crippen LogP contribution in [0, 0.1) is 0 Å². The SMILES string of the molecule is O=C(O)C1CCOc2c(C3CC3)cc(C3CC3)cc21. The van der Waals surface area contributed by atoms with E-state index in [0.717, 1.165) is 11.3 Å². The molecule has 1 aliphatic heterocycles. The van der Waals surface area contributed by atoms with E-state index in [9.17, 15) is 9.90 Å². The van der Waals surface area contributed by atoms with Crippen LogP contribution in [0.3, 0.4) is 0 Å². The van der Waals surface area contributed by atoms with E-state index >= 15 is 0 Å². The van der Waals surface area contributed by atoms with Gasteiger partial charge in [-0.1, -0.05) is 12.1 Å². The second kappa shape index (κ2) is 3.99. The Labute approximate surface area is 112 Å². The summed E-state index contributed by atoms with van der Waals surface area (Å²) in [6.07, 6.45) is 5.55. The molecule has 4 rings (SSSR count). The molecule has 0 spiro atoms. The highest BCUT2D eigenvalue weighted by atomic mass is 16.5. The lowest BCUT2D eigenvalue weighted by atomic mass is 9.87. The van der Waals surface area contributed by atoms with Gasteiger partial charge in [-0.2, -0.15) is 0 Å². The van der Waals surface area contributed by atoms with Gasteiger partial charge in [0, 0.05) is 5.56 Å². The number of fused-ring (bicyclic) bond motifs is 1. The molecule has 3 heteroatoms. The van der Waals surface area contributed by atoms with E-state index in [1.54, 1.807) is 0 Å². The summed E-state index contributed by atoms with van der Waals surface area (Å²) in [4.78, 5) is 11.5. The molecule has 3 nitrogen and oxygen atoms in total. The molecule has 0 amide bonds.